The number of hydrogen-bond acceptors (Lipinski definition) is 3. The van der Waals surface area contributed by atoms with Gasteiger partial charge in [0.1, 0.15) is 0 Å². The van der Waals surface area contributed by atoms with Crippen LogP contribution in [0.2, 0.25) is 5.02 Å². The van der Waals surface area contributed by atoms with E-state index in [9.17, 15) is 5.11 Å². The van der Waals surface area contributed by atoms with Crippen LogP contribution in [-0.2, 0) is 11.8 Å². The Kier molecular flexibility index (Phi) is 3.39. The molecule has 0 fully saturated rings. The third-order valence-corrected chi connectivity index (χ3v) is 5.47. The molecule has 1 aromatic carbocycles. The standard InChI is InChI=1S/C15H16ClNOS/c16-11-7-13(19-8-11)14(18)15(9-17)6-5-10-3-1-2-4-12(10)15/h1-4,7-8,14,18H,5-6,9,17H2. The van der Waals surface area contributed by atoms with Crippen LogP contribution in [0.3, 0.4) is 0 Å². The molecule has 0 bridgehead atoms. The Bertz CT molecular complexity index is 597. The van der Waals surface area contributed by atoms with Gasteiger partial charge in [0.2, 0.25) is 0 Å². The average Bonchev–Trinajstić information content (AvgIpc) is 3.02. The maximum atomic E-state index is 10.8. The van der Waals surface area contributed by atoms with Gasteiger partial charge < -0.3 is 10.8 Å². The van der Waals surface area contributed by atoms with Crippen LogP contribution in [0.25, 0.3) is 0 Å². The highest BCUT2D eigenvalue weighted by molar-refractivity contribution is 7.10. The number of nitrogens with two attached hydrogens (primary N) is 1. The largest absolute Gasteiger partial charge is 0.387 e. The Hall–Kier alpha value is -0.870. The lowest BCUT2D eigenvalue weighted by Gasteiger charge is -2.33. The first kappa shape index (κ1) is 13.1. The quantitative estimate of drug-likeness (QED) is 0.912. The van der Waals surface area contributed by atoms with Crippen molar-refractivity contribution < 1.29 is 5.11 Å². The van der Waals surface area contributed by atoms with Gasteiger partial charge in [-0.15, -0.1) is 11.3 Å². The summed E-state index contributed by atoms with van der Waals surface area (Å²) in [6.45, 7) is 0.445. The highest BCUT2D eigenvalue weighted by Gasteiger charge is 2.44. The second-order valence-corrected chi connectivity index (χ2v) is 6.47. The monoisotopic (exact) mass is 293 g/mol. The fraction of sp³-hybridized carbons (Fsp3) is 0.333. The van der Waals surface area contributed by atoms with E-state index in [1.165, 1.54) is 22.5 Å². The topological polar surface area (TPSA) is 46.2 Å². The minimum absolute atomic E-state index is 0.370. The zero-order valence-corrected chi connectivity index (χ0v) is 12.0. The molecule has 3 N–H and O–H groups in total. The lowest BCUT2D eigenvalue weighted by Crippen LogP contribution is -2.38. The van der Waals surface area contributed by atoms with Gasteiger partial charge in [-0.1, -0.05) is 35.9 Å². The number of fused-ring (bicyclic) bond motifs is 1. The lowest BCUT2D eigenvalue weighted by molar-refractivity contribution is 0.0873. The minimum Gasteiger partial charge on any atom is -0.387 e. The van der Waals surface area contributed by atoms with Crippen molar-refractivity contribution in [3.05, 3.63) is 56.7 Å². The molecule has 3 rings (SSSR count). The zero-order valence-electron chi connectivity index (χ0n) is 10.5. The lowest BCUT2D eigenvalue weighted by atomic mass is 9.76. The molecule has 1 aromatic heterocycles. The first-order chi connectivity index (χ1) is 9.17. The third-order valence-electron chi connectivity index (χ3n) is 4.14. The molecule has 0 amide bonds. The van der Waals surface area contributed by atoms with Crippen LogP contribution in [0.1, 0.15) is 28.5 Å². The summed E-state index contributed by atoms with van der Waals surface area (Å²) in [7, 11) is 0. The summed E-state index contributed by atoms with van der Waals surface area (Å²) in [5, 5.41) is 13.3. The molecule has 1 aliphatic rings. The highest BCUT2D eigenvalue weighted by atomic mass is 35.5. The Morgan fingerprint density at radius 3 is 2.89 bits per heavy atom. The number of aliphatic hydroxyl groups is 1. The van der Waals surface area contributed by atoms with Crippen molar-refractivity contribution in [1.29, 1.82) is 0 Å². The molecular formula is C15H16ClNOS. The summed E-state index contributed by atoms with van der Waals surface area (Å²) in [4.78, 5) is 0.896. The number of rotatable bonds is 3. The van der Waals surface area contributed by atoms with Crippen molar-refractivity contribution in [3.8, 4) is 0 Å². The van der Waals surface area contributed by atoms with Crippen LogP contribution < -0.4 is 5.73 Å². The molecule has 2 nitrogen and oxygen atoms in total. The van der Waals surface area contributed by atoms with E-state index in [1.807, 2.05) is 23.6 Å². The van der Waals surface area contributed by atoms with Gasteiger partial charge in [-0.3, -0.25) is 0 Å². The van der Waals surface area contributed by atoms with Crippen molar-refractivity contribution in [1.82, 2.24) is 0 Å². The summed E-state index contributed by atoms with van der Waals surface area (Å²) in [6, 6.07) is 10.1. The Morgan fingerprint density at radius 2 is 2.21 bits per heavy atom. The molecule has 2 unspecified atom stereocenters. The van der Waals surface area contributed by atoms with E-state index < -0.39 is 6.10 Å². The Labute approximate surface area is 121 Å². The van der Waals surface area contributed by atoms with Crippen molar-refractivity contribution in [2.24, 2.45) is 5.73 Å². The molecule has 0 saturated carbocycles. The maximum Gasteiger partial charge on any atom is 0.0991 e. The molecule has 19 heavy (non-hydrogen) atoms. The van der Waals surface area contributed by atoms with Gasteiger partial charge in [0.05, 0.1) is 11.1 Å². The molecule has 1 aliphatic carbocycles. The highest BCUT2D eigenvalue weighted by Crippen LogP contribution is 2.48. The van der Waals surface area contributed by atoms with Crippen molar-refractivity contribution in [3.63, 3.8) is 0 Å². The van der Waals surface area contributed by atoms with Gasteiger partial charge in [0, 0.05) is 22.2 Å². The van der Waals surface area contributed by atoms with Gasteiger partial charge in [0.15, 0.2) is 0 Å². The van der Waals surface area contributed by atoms with Gasteiger partial charge in [-0.25, -0.2) is 0 Å². The molecule has 1 heterocycles. The molecule has 0 spiro atoms. The second-order valence-electron chi connectivity index (χ2n) is 5.09. The smallest absolute Gasteiger partial charge is 0.0991 e. The summed E-state index contributed by atoms with van der Waals surface area (Å²) in [6.07, 6.45) is 1.28. The summed E-state index contributed by atoms with van der Waals surface area (Å²) < 4.78 is 0. The van der Waals surface area contributed by atoms with Crippen LogP contribution in [0.4, 0.5) is 0 Å². The molecule has 0 aliphatic heterocycles. The predicted molar refractivity (Wildman–Crippen MR) is 79.8 cm³/mol. The van der Waals surface area contributed by atoms with Gasteiger partial charge >= 0.3 is 0 Å². The van der Waals surface area contributed by atoms with E-state index in [4.69, 9.17) is 17.3 Å². The number of aliphatic hydroxyl groups excluding tert-OH is 1. The molecule has 2 atom stereocenters. The Balaban J connectivity index is 2.06. The fourth-order valence-electron chi connectivity index (χ4n) is 3.07. The van der Waals surface area contributed by atoms with Crippen LogP contribution in [0, 0.1) is 0 Å². The fourth-order valence-corrected chi connectivity index (χ4v) is 4.25. The van der Waals surface area contributed by atoms with Crippen LogP contribution >= 0.6 is 22.9 Å². The first-order valence-electron chi connectivity index (χ1n) is 6.38. The number of hydrogen-bond donors (Lipinski definition) is 2. The first-order valence-corrected chi connectivity index (χ1v) is 7.63. The van der Waals surface area contributed by atoms with E-state index in [1.54, 1.807) is 0 Å². The van der Waals surface area contributed by atoms with Crippen molar-refractivity contribution in [2.75, 3.05) is 6.54 Å². The molecule has 2 aromatic rings. The summed E-state index contributed by atoms with van der Waals surface area (Å²) >= 11 is 7.46. The van der Waals surface area contributed by atoms with Crippen LogP contribution in [-0.4, -0.2) is 11.7 Å². The van der Waals surface area contributed by atoms with Gasteiger partial charge in [-0.05, 0) is 30.0 Å². The van der Waals surface area contributed by atoms with E-state index in [-0.39, 0.29) is 5.41 Å². The predicted octanol–water partition coefficient (Wildman–Crippen LogP) is 3.28. The van der Waals surface area contributed by atoms with Crippen LogP contribution in [0.15, 0.2) is 35.7 Å². The van der Waals surface area contributed by atoms with E-state index in [2.05, 4.69) is 12.1 Å². The van der Waals surface area contributed by atoms with E-state index in [0.717, 1.165) is 17.7 Å². The van der Waals surface area contributed by atoms with Gasteiger partial charge in [0.25, 0.3) is 0 Å². The molecule has 4 heteroatoms. The van der Waals surface area contributed by atoms with Gasteiger partial charge in [-0.2, -0.15) is 0 Å². The summed E-state index contributed by atoms with van der Waals surface area (Å²) in [5.41, 5.74) is 8.16. The zero-order chi connectivity index (χ0) is 13.5. The molecule has 0 saturated heterocycles. The number of thiophene rings is 1. The van der Waals surface area contributed by atoms with E-state index in [0.29, 0.717) is 11.6 Å². The second kappa shape index (κ2) is 4.91. The maximum absolute atomic E-state index is 10.8. The number of benzene rings is 1. The normalized spacial score (nSPS) is 23.3. The van der Waals surface area contributed by atoms with E-state index >= 15 is 0 Å². The van der Waals surface area contributed by atoms with Crippen molar-refractivity contribution >= 4 is 22.9 Å². The molecule has 100 valence electrons. The van der Waals surface area contributed by atoms with Crippen LogP contribution in [0.5, 0.6) is 0 Å². The third kappa shape index (κ3) is 2.01. The average molecular weight is 294 g/mol. The number of aryl methyl sites for hydroxylation is 1. The van der Waals surface area contributed by atoms with Crippen molar-refractivity contribution in [2.45, 2.75) is 24.4 Å². The SMILES string of the molecule is NCC1(C(O)c2cc(Cl)cs2)CCc2ccccc21. The minimum atomic E-state index is -0.585. The number of halogens is 1. The Morgan fingerprint density at radius 1 is 1.42 bits per heavy atom. The summed E-state index contributed by atoms with van der Waals surface area (Å²) in [5.74, 6) is 0. The molecule has 0 radical (unpaired) electrons. The molecular weight excluding hydrogens is 278 g/mol.